The molecule has 0 aromatic heterocycles. The molecule has 0 saturated carbocycles. The van der Waals surface area contributed by atoms with Gasteiger partial charge in [-0.05, 0) is 0 Å². The highest BCUT2D eigenvalue weighted by molar-refractivity contribution is 4.84. The first kappa shape index (κ1) is 13.4. The van der Waals surface area contributed by atoms with Crippen molar-refractivity contribution in [1.82, 2.24) is 0 Å². The zero-order valence-corrected chi connectivity index (χ0v) is 6.30. The number of hydrogen-bond donors (Lipinski definition) is 0. The van der Waals surface area contributed by atoms with E-state index in [1.165, 1.54) is 0 Å². The van der Waals surface area contributed by atoms with Gasteiger partial charge in [-0.2, -0.15) is 17.6 Å². The fourth-order valence-electron chi connectivity index (χ4n) is 0.394. The fourth-order valence-corrected chi connectivity index (χ4v) is 0.394. The van der Waals surface area contributed by atoms with E-state index in [4.69, 9.17) is 4.91 Å². The molecule has 0 heterocycles. The first-order valence-corrected chi connectivity index (χ1v) is 2.79. The van der Waals surface area contributed by atoms with Crippen molar-refractivity contribution >= 4 is 0 Å². The van der Waals surface area contributed by atoms with Crippen LogP contribution in [0.2, 0.25) is 0 Å². The molecule has 0 spiro atoms. The van der Waals surface area contributed by atoms with Gasteiger partial charge in [0.1, 0.15) is 4.92 Å². The summed E-state index contributed by atoms with van der Waals surface area (Å²) in [5.74, 6) is -6.52. The predicted molar refractivity (Wildman–Crippen MR) is 28.7 cm³/mol. The molecule has 15 heavy (non-hydrogen) atoms. The van der Waals surface area contributed by atoms with E-state index in [0.29, 0.717) is 0 Å². The summed E-state index contributed by atoms with van der Waals surface area (Å²) in [5.41, 5.74) is 0. The second-order valence-electron chi connectivity index (χ2n) is 2.06. The third-order valence-electron chi connectivity index (χ3n) is 1.12. The predicted octanol–water partition coefficient (Wildman–Crippen LogP) is 1.78. The number of rotatable bonds is 5. The normalized spacial score (nSPS) is 13.5. The minimum Gasteiger partial charge on any atom is -0.282 e. The Morgan fingerprint density at radius 3 is 1.80 bits per heavy atom. The maximum absolute atomic E-state index is 12.2. The third-order valence-corrected chi connectivity index (χ3v) is 1.12. The molecule has 88 valence electrons. The van der Waals surface area contributed by atoms with Crippen molar-refractivity contribution in [2.24, 2.45) is 5.34 Å². The summed E-state index contributed by atoms with van der Waals surface area (Å²) in [7, 11) is 0. The SMILES string of the molecule is O=NOC(F)(F)C(F)(F)C(F)(F)[N+](=O)[O-]. The highest BCUT2D eigenvalue weighted by Gasteiger charge is 2.83. The number of nitrogens with zero attached hydrogens (tertiary/aromatic N) is 2. The Bertz CT molecular complexity index is 280. The lowest BCUT2D eigenvalue weighted by atomic mass is 10.2. The van der Waals surface area contributed by atoms with Gasteiger partial charge in [0.05, 0.1) is 0 Å². The number of halogens is 6. The minimum atomic E-state index is -6.52. The van der Waals surface area contributed by atoms with Crippen molar-refractivity contribution < 1.29 is 36.1 Å². The maximum Gasteiger partial charge on any atom is 0.587 e. The van der Waals surface area contributed by atoms with Gasteiger partial charge in [0.25, 0.3) is 0 Å². The molecule has 0 aliphatic heterocycles. The van der Waals surface area contributed by atoms with E-state index in [9.17, 15) is 36.5 Å². The summed E-state index contributed by atoms with van der Waals surface area (Å²) in [4.78, 5) is 17.7. The van der Waals surface area contributed by atoms with Crippen LogP contribution in [-0.2, 0) is 4.84 Å². The molecule has 0 N–H and O–H groups in total. The van der Waals surface area contributed by atoms with Crippen molar-refractivity contribution in [3.63, 3.8) is 0 Å². The summed E-state index contributed by atoms with van der Waals surface area (Å²) in [6, 6.07) is -6.30. The number of hydrogen-bond acceptors (Lipinski definition) is 5. The fraction of sp³-hybridized carbons (Fsp3) is 1.00. The first-order chi connectivity index (χ1) is 6.50. The Balaban J connectivity index is 5.29. The molecule has 0 amide bonds. The lowest BCUT2D eigenvalue weighted by Gasteiger charge is -2.23. The zero-order valence-electron chi connectivity index (χ0n) is 6.30. The lowest BCUT2D eigenvalue weighted by Crippen LogP contribution is -2.58. The average Bonchev–Trinajstić information content (AvgIpc) is 2.02. The molecule has 0 atom stereocenters. The molecule has 0 saturated heterocycles. The Labute approximate surface area is 75.9 Å². The average molecular weight is 242 g/mol. The summed E-state index contributed by atoms with van der Waals surface area (Å²) < 4.78 is 72.3. The van der Waals surface area contributed by atoms with Crippen molar-refractivity contribution in [3.05, 3.63) is 15.0 Å². The van der Waals surface area contributed by atoms with Crippen LogP contribution in [0.15, 0.2) is 5.34 Å². The quantitative estimate of drug-likeness (QED) is 0.242. The van der Waals surface area contributed by atoms with E-state index >= 15 is 0 Å². The van der Waals surface area contributed by atoms with Crippen LogP contribution in [-0.4, -0.2) is 23.0 Å². The molecule has 0 radical (unpaired) electrons. The van der Waals surface area contributed by atoms with Crippen molar-refractivity contribution in [3.8, 4) is 0 Å². The second-order valence-corrected chi connectivity index (χ2v) is 2.06. The minimum absolute atomic E-state index is 0.811. The molecular formula is C3F6N2O4. The van der Waals surface area contributed by atoms with Crippen LogP contribution < -0.4 is 0 Å². The molecule has 0 aliphatic rings. The Kier molecular flexibility index (Phi) is 3.13. The van der Waals surface area contributed by atoms with Crippen LogP contribution in [0, 0.1) is 15.0 Å². The van der Waals surface area contributed by atoms with Crippen LogP contribution in [0.5, 0.6) is 0 Å². The summed E-state index contributed by atoms with van der Waals surface area (Å²) in [6.07, 6.45) is -6.09. The van der Waals surface area contributed by atoms with Gasteiger partial charge in [0.15, 0.2) is 5.34 Å². The Morgan fingerprint density at radius 1 is 1.13 bits per heavy atom. The van der Waals surface area contributed by atoms with Gasteiger partial charge in [0.2, 0.25) is 0 Å². The van der Waals surface area contributed by atoms with Gasteiger partial charge in [0, 0.05) is 0 Å². The monoisotopic (exact) mass is 242 g/mol. The van der Waals surface area contributed by atoms with Crippen LogP contribution in [0.25, 0.3) is 0 Å². The molecular weight excluding hydrogens is 242 g/mol. The van der Waals surface area contributed by atoms with Crippen molar-refractivity contribution in [2.45, 2.75) is 18.1 Å². The summed E-state index contributed by atoms with van der Waals surface area (Å²) in [5, 5.41) is 10.2. The van der Waals surface area contributed by atoms with Gasteiger partial charge >= 0.3 is 18.1 Å². The lowest BCUT2D eigenvalue weighted by molar-refractivity contribution is -0.690. The second kappa shape index (κ2) is 3.51. The van der Waals surface area contributed by atoms with Crippen LogP contribution in [0.1, 0.15) is 0 Å². The van der Waals surface area contributed by atoms with E-state index in [1.807, 2.05) is 0 Å². The standard InChI is InChI=1S/C3F6N2O4/c4-1(5,2(6,7)11(13)14)3(8,9)15-10-12. The van der Waals surface area contributed by atoms with E-state index in [-0.39, 0.29) is 0 Å². The number of nitro groups is 1. The molecule has 0 bridgehead atoms. The molecule has 0 aromatic carbocycles. The highest BCUT2D eigenvalue weighted by Crippen LogP contribution is 2.46. The van der Waals surface area contributed by atoms with Gasteiger partial charge < -0.3 is 0 Å². The molecule has 0 unspecified atom stereocenters. The van der Waals surface area contributed by atoms with E-state index in [0.717, 1.165) is 5.34 Å². The molecule has 0 aromatic rings. The Morgan fingerprint density at radius 2 is 1.53 bits per heavy atom. The van der Waals surface area contributed by atoms with E-state index in [1.54, 1.807) is 0 Å². The van der Waals surface area contributed by atoms with Gasteiger partial charge in [-0.25, -0.2) is 0 Å². The van der Waals surface area contributed by atoms with Crippen LogP contribution in [0.4, 0.5) is 26.3 Å². The largest absolute Gasteiger partial charge is 0.587 e. The number of alkyl halides is 6. The third kappa shape index (κ3) is 1.92. The topological polar surface area (TPSA) is 81.8 Å². The van der Waals surface area contributed by atoms with Crippen molar-refractivity contribution in [1.29, 1.82) is 0 Å². The van der Waals surface area contributed by atoms with Crippen LogP contribution in [0.3, 0.4) is 0 Å². The molecule has 6 nitrogen and oxygen atoms in total. The highest BCUT2D eigenvalue weighted by atomic mass is 19.4. The molecule has 0 fully saturated rings. The maximum atomic E-state index is 12.2. The van der Waals surface area contributed by atoms with Gasteiger partial charge in [-0.1, -0.05) is 0 Å². The smallest absolute Gasteiger partial charge is 0.282 e. The first-order valence-electron chi connectivity index (χ1n) is 2.79. The molecule has 0 rings (SSSR count). The molecule has 12 heteroatoms. The van der Waals surface area contributed by atoms with Crippen molar-refractivity contribution in [2.75, 3.05) is 0 Å². The van der Waals surface area contributed by atoms with Gasteiger partial charge in [-0.3, -0.25) is 15.0 Å². The molecule has 0 aliphatic carbocycles. The van der Waals surface area contributed by atoms with Gasteiger partial charge in [-0.15, -0.1) is 13.7 Å². The zero-order chi connectivity index (χ0) is 12.5. The van der Waals surface area contributed by atoms with E-state index < -0.39 is 23.0 Å². The van der Waals surface area contributed by atoms with Crippen LogP contribution >= 0.6 is 0 Å². The van der Waals surface area contributed by atoms with E-state index in [2.05, 4.69) is 4.84 Å². The Hall–Kier alpha value is -1.62. The summed E-state index contributed by atoms with van der Waals surface area (Å²) >= 11 is 0. The summed E-state index contributed by atoms with van der Waals surface area (Å²) in [6.45, 7) is 0.